The van der Waals surface area contributed by atoms with Gasteiger partial charge in [0, 0.05) is 25.8 Å². The van der Waals surface area contributed by atoms with Gasteiger partial charge in [0.25, 0.3) is 0 Å². The molecule has 0 unspecified atom stereocenters. The van der Waals surface area contributed by atoms with Gasteiger partial charge in [-0.25, -0.2) is 4.98 Å². The molecule has 0 aliphatic carbocycles. The average Bonchev–Trinajstić information content (AvgIpc) is 3.22. The predicted molar refractivity (Wildman–Crippen MR) is 101 cm³/mol. The summed E-state index contributed by atoms with van der Waals surface area (Å²) >= 11 is 0. The van der Waals surface area contributed by atoms with Crippen LogP contribution in [0.5, 0.6) is 11.5 Å². The van der Waals surface area contributed by atoms with Gasteiger partial charge in [-0.15, -0.1) is 0 Å². The Balaban J connectivity index is 1.43. The lowest BCUT2D eigenvalue weighted by molar-refractivity contribution is -0.121. The molecule has 26 heavy (non-hydrogen) atoms. The van der Waals surface area contributed by atoms with Crippen molar-refractivity contribution < 1.29 is 14.3 Å². The number of carbonyl (C=O) groups is 1. The number of hydrogen-bond acceptors (Lipinski definition) is 5. The van der Waals surface area contributed by atoms with Crippen LogP contribution < -0.4 is 19.7 Å². The van der Waals surface area contributed by atoms with Crippen LogP contribution in [0.3, 0.4) is 0 Å². The molecule has 6 nitrogen and oxygen atoms in total. The molecule has 2 heterocycles. The van der Waals surface area contributed by atoms with E-state index in [0.717, 1.165) is 24.5 Å². The minimum atomic E-state index is -0.0422. The summed E-state index contributed by atoms with van der Waals surface area (Å²) in [5, 5.41) is 2.94. The summed E-state index contributed by atoms with van der Waals surface area (Å²) in [5.74, 6) is 2.26. The number of pyridine rings is 1. The molecular formula is C20H25N3O3. The molecule has 0 saturated carbocycles. The van der Waals surface area contributed by atoms with Gasteiger partial charge < -0.3 is 19.7 Å². The molecule has 0 radical (unpaired) electrons. The molecule has 138 valence electrons. The summed E-state index contributed by atoms with van der Waals surface area (Å²) < 4.78 is 10.9. The van der Waals surface area contributed by atoms with Crippen molar-refractivity contribution in [3.8, 4) is 11.5 Å². The van der Waals surface area contributed by atoms with Crippen LogP contribution in [0, 0.1) is 0 Å². The fourth-order valence-corrected chi connectivity index (χ4v) is 2.97. The second-order valence-corrected chi connectivity index (χ2v) is 6.24. The zero-order valence-corrected chi connectivity index (χ0v) is 15.1. The van der Waals surface area contributed by atoms with E-state index in [4.69, 9.17) is 9.47 Å². The lowest BCUT2D eigenvalue weighted by Crippen LogP contribution is -2.25. The van der Waals surface area contributed by atoms with Crippen LogP contribution >= 0.6 is 0 Å². The predicted octanol–water partition coefficient (Wildman–Crippen LogP) is 2.78. The minimum absolute atomic E-state index is 0.0422. The smallest absolute Gasteiger partial charge is 0.223 e. The summed E-state index contributed by atoms with van der Waals surface area (Å²) in [6.45, 7) is 2.92. The highest BCUT2D eigenvalue weighted by Crippen LogP contribution is 2.25. The van der Waals surface area contributed by atoms with E-state index < -0.39 is 0 Å². The maximum absolute atomic E-state index is 12.1. The molecule has 1 aliphatic rings. The van der Waals surface area contributed by atoms with E-state index in [1.54, 1.807) is 13.3 Å². The number of aromatic nitrogens is 1. The first-order valence-corrected chi connectivity index (χ1v) is 8.98. The molecule has 0 spiro atoms. The molecule has 6 heteroatoms. The van der Waals surface area contributed by atoms with Crippen LogP contribution in [0.25, 0.3) is 0 Å². The monoisotopic (exact) mass is 355 g/mol. The van der Waals surface area contributed by atoms with Gasteiger partial charge in [-0.2, -0.15) is 0 Å². The summed E-state index contributed by atoms with van der Waals surface area (Å²) in [5.41, 5.74) is 1.06. The van der Waals surface area contributed by atoms with E-state index >= 15 is 0 Å². The van der Waals surface area contributed by atoms with E-state index in [0.29, 0.717) is 31.1 Å². The van der Waals surface area contributed by atoms with E-state index in [-0.39, 0.29) is 5.91 Å². The van der Waals surface area contributed by atoms with Crippen molar-refractivity contribution >= 4 is 11.7 Å². The normalized spacial score (nSPS) is 13.5. The third-order valence-electron chi connectivity index (χ3n) is 4.39. The summed E-state index contributed by atoms with van der Waals surface area (Å²) in [4.78, 5) is 18.8. The SMILES string of the molecule is COc1ccccc1OCCC(=O)NCc1ccnc(N2CCCC2)c1. The van der Waals surface area contributed by atoms with E-state index in [1.165, 1.54) is 12.8 Å². The Morgan fingerprint density at radius 1 is 1.19 bits per heavy atom. The molecule has 2 aromatic rings. The first kappa shape index (κ1) is 18.0. The van der Waals surface area contributed by atoms with Crippen molar-refractivity contribution in [2.45, 2.75) is 25.8 Å². The maximum Gasteiger partial charge on any atom is 0.223 e. The van der Waals surface area contributed by atoms with Crippen molar-refractivity contribution in [2.75, 3.05) is 31.7 Å². The number of nitrogens with one attached hydrogen (secondary N) is 1. The zero-order valence-electron chi connectivity index (χ0n) is 15.1. The lowest BCUT2D eigenvalue weighted by atomic mass is 10.2. The van der Waals surface area contributed by atoms with Gasteiger partial charge in [-0.1, -0.05) is 12.1 Å². The number of anilines is 1. The molecule has 1 saturated heterocycles. The maximum atomic E-state index is 12.1. The standard InChI is InChI=1S/C20H25N3O3/c1-25-17-6-2-3-7-18(17)26-13-9-20(24)22-15-16-8-10-21-19(14-16)23-11-4-5-12-23/h2-3,6-8,10,14H,4-5,9,11-13,15H2,1H3,(H,22,24). The Kier molecular flexibility index (Phi) is 6.30. The molecule has 1 amide bonds. The highest BCUT2D eigenvalue weighted by atomic mass is 16.5. The highest BCUT2D eigenvalue weighted by Gasteiger charge is 2.13. The Morgan fingerprint density at radius 2 is 1.96 bits per heavy atom. The minimum Gasteiger partial charge on any atom is -0.493 e. The summed E-state index contributed by atoms with van der Waals surface area (Å²) in [6.07, 6.45) is 4.53. The van der Waals surface area contributed by atoms with Crippen LogP contribution in [-0.2, 0) is 11.3 Å². The molecule has 1 aromatic heterocycles. The fourth-order valence-electron chi connectivity index (χ4n) is 2.97. The van der Waals surface area contributed by atoms with Crippen LogP contribution in [0.1, 0.15) is 24.8 Å². The van der Waals surface area contributed by atoms with Gasteiger partial charge in [0.05, 0.1) is 20.1 Å². The summed E-state index contributed by atoms with van der Waals surface area (Å²) in [7, 11) is 1.60. The Labute approximate surface area is 154 Å². The van der Waals surface area contributed by atoms with Gasteiger partial charge in [-0.05, 0) is 42.7 Å². The molecule has 0 bridgehead atoms. The molecule has 1 aliphatic heterocycles. The molecule has 1 fully saturated rings. The van der Waals surface area contributed by atoms with E-state index in [1.807, 2.05) is 30.3 Å². The number of para-hydroxylation sites is 2. The molecule has 0 atom stereocenters. The van der Waals surface area contributed by atoms with Gasteiger partial charge >= 0.3 is 0 Å². The molecule has 1 aromatic carbocycles. The highest BCUT2D eigenvalue weighted by molar-refractivity contribution is 5.76. The first-order valence-electron chi connectivity index (χ1n) is 8.98. The Morgan fingerprint density at radius 3 is 2.73 bits per heavy atom. The number of benzene rings is 1. The number of ether oxygens (including phenoxy) is 2. The van der Waals surface area contributed by atoms with Crippen molar-refractivity contribution in [3.05, 3.63) is 48.2 Å². The topological polar surface area (TPSA) is 63.7 Å². The van der Waals surface area contributed by atoms with E-state index in [9.17, 15) is 4.79 Å². The van der Waals surface area contributed by atoms with Crippen LogP contribution in [-0.4, -0.2) is 37.7 Å². The molecule has 1 N–H and O–H groups in total. The fraction of sp³-hybridized carbons (Fsp3) is 0.400. The zero-order chi connectivity index (χ0) is 18.2. The first-order chi connectivity index (χ1) is 12.8. The van der Waals surface area contributed by atoms with Gasteiger partial charge in [0.2, 0.25) is 5.91 Å². The number of carbonyl (C=O) groups excluding carboxylic acids is 1. The molecular weight excluding hydrogens is 330 g/mol. The van der Waals surface area contributed by atoms with Gasteiger partial charge in [-0.3, -0.25) is 4.79 Å². The number of rotatable bonds is 8. The van der Waals surface area contributed by atoms with Gasteiger partial charge in [0.15, 0.2) is 11.5 Å². The van der Waals surface area contributed by atoms with Gasteiger partial charge in [0.1, 0.15) is 5.82 Å². The van der Waals surface area contributed by atoms with Crippen LogP contribution in [0.4, 0.5) is 5.82 Å². The van der Waals surface area contributed by atoms with Crippen molar-refractivity contribution in [2.24, 2.45) is 0 Å². The second-order valence-electron chi connectivity index (χ2n) is 6.24. The van der Waals surface area contributed by atoms with E-state index in [2.05, 4.69) is 21.3 Å². The largest absolute Gasteiger partial charge is 0.493 e. The number of methoxy groups -OCH3 is 1. The van der Waals surface area contributed by atoms with Crippen molar-refractivity contribution in [3.63, 3.8) is 0 Å². The number of nitrogens with zero attached hydrogens (tertiary/aromatic N) is 2. The quantitative estimate of drug-likeness (QED) is 0.789. The third-order valence-corrected chi connectivity index (χ3v) is 4.39. The number of amides is 1. The van der Waals surface area contributed by atoms with Crippen molar-refractivity contribution in [1.82, 2.24) is 10.3 Å². The van der Waals surface area contributed by atoms with Crippen LogP contribution in [0.15, 0.2) is 42.6 Å². The summed E-state index contributed by atoms with van der Waals surface area (Å²) in [6, 6.07) is 11.4. The van der Waals surface area contributed by atoms with Crippen LogP contribution in [0.2, 0.25) is 0 Å². The lowest BCUT2D eigenvalue weighted by Gasteiger charge is -2.17. The number of hydrogen-bond donors (Lipinski definition) is 1. The van der Waals surface area contributed by atoms with Crippen molar-refractivity contribution in [1.29, 1.82) is 0 Å². The third kappa shape index (κ3) is 4.88. The second kappa shape index (κ2) is 9.08. The Bertz CT molecular complexity index is 730. The molecule has 3 rings (SSSR count). The Hall–Kier alpha value is -2.76. The average molecular weight is 355 g/mol.